The van der Waals surface area contributed by atoms with Crippen LogP contribution in [0.4, 0.5) is 11.4 Å². The predicted molar refractivity (Wildman–Crippen MR) is 131 cm³/mol. The van der Waals surface area contributed by atoms with Crippen LogP contribution < -0.4 is 14.8 Å². The summed E-state index contributed by atoms with van der Waals surface area (Å²) in [5.74, 6) is 1.22. The molecule has 0 unspecified atom stereocenters. The van der Waals surface area contributed by atoms with Crippen LogP contribution in [0.2, 0.25) is 5.02 Å². The second-order valence-corrected chi connectivity index (χ2v) is 8.45. The Balaban J connectivity index is 1.72. The summed E-state index contributed by atoms with van der Waals surface area (Å²) in [4.78, 5) is 9.66. The molecule has 0 spiro atoms. The van der Waals surface area contributed by atoms with Gasteiger partial charge in [0.2, 0.25) is 0 Å². The number of pyridine rings is 1. The van der Waals surface area contributed by atoms with Crippen molar-refractivity contribution in [3.8, 4) is 17.6 Å². The van der Waals surface area contributed by atoms with E-state index >= 15 is 0 Å². The molecule has 7 nitrogen and oxygen atoms in total. The first-order valence-electron chi connectivity index (χ1n) is 10.4. The number of aromatic nitrogens is 3. The summed E-state index contributed by atoms with van der Waals surface area (Å²) in [5.41, 5.74) is 2.49. The van der Waals surface area contributed by atoms with Gasteiger partial charge in [-0.3, -0.25) is 4.98 Å². The number of nitrogens with one attached hydrogen (secondary N) is 1. The Hall–Kier alpha value is -3.41. The Bertz CT molecular complexity index is 1350. The van der Waals surface area contributed by atoms with Gasteiger partial charge in [-0.05, 0) is 38.1 Å². The monoisotopic (exact) mass is 479 g/mol. The maximum absolute atomic E-state index is 9.71. The maximum atomic E-state index is 9.71. The molecule has 4 rings (SSSR count). The van der Waals surface area contributed by atoms with Crippen molar-refractivity contribution in [2.24, 2.45) is 7.05 Å². The number of nitriles is 1. The minimum atomic E-state index is 0.414. The fraction of sp³-hybridized carbons (Fsp3) is 0.208. The number of benzene rings is 2. The van der Waals surface area contributed by atoms with Crippen molar-refractivity contribution in [1.82, 2.24) is 14.5 Å². The number of hydrogen-bond donors (Lipinski definition) is 1. The third kappa shape index (κ3) is 4.85. The lowest BCUT2D eigenvalue weighted by molar-refractivity contribution is 0.288. The Morgan fingerprint density at radius 1 is 1.12 bits per heavy atom. The Labute approximate surface area is 201 Å². The standard InChI is InChI=1S/C24H22ClN5O2S/c1-4-31-20-11-17-19(12-21(20)32-5-2)28-14-15(13-26)23(17)29-16-6-7-22(18(25)10-16)33-24-27-8-9-30(24)3/h6-12,14H,4-5H2,1-3H3,(H,28,29). The molecule has 9 heteroatoms. The molecule has 0 radical (unpaired) electrons. The summed E-state index contributed by atoms with van der Waals surface area (Å²) < 4.78 is 13.4. The number of imidazole rings is 1. The summed E-state index contributed by atoms with van der Waals surface area (Å²) in [6.45, 7) is 4.83. The van der Waals surface area contributed by atoms with Crippen molar-refractivity contribution in [1.29, 1.82) is 5.26 Å². The fourth-order valence-corrected chi connectivity index (χ4v) is 4.41. The third-order valence-electron chi connectivity index (χ3n) is 4.83. The highest BCUT2D eigenvalue weighted by Gasteiger charge is 2.15. The smallest absolute Gasteiger partial charge is 0.172 e. The van der Waals surface area contributed by atoms with E-state index in [-0.39, 0.29) is 0 Å². The molecule has 33 heavy (non-hydrogen) atoms. The van der Waals surface area contributed by atoms with E-state index in [9.17, 15) is 5.26 Å². The molecule has 0 aliphatic heterocycles. The molecule has 0 saturated carbocycles. The van der Waals surface area contributed by atoms with Gasteiger partial charge in [-0.25, -0.2) is 4.98 Å². The minimum Gasteiger partial charge on any atom is -0.490 e. The van der Waals surface area contributed by atoms with Crippen LogP contribution in [0.3, 0.4) is 0 Å². The number of fused-ring (bicyclic) bond motifs is 1. The van der Waals surface area contributed by atoms with Crippen LogP contribution in [0.1, 0.15) is 19.4 Å². The normalized spacial score (nSPS) is 10.8. The molecule has 4 aromatic rings. The van der Waals surface area contributed by atoms with E-state index in [2.05, 4.69) is 21.4 Å². The van der Waals surface area contributed by atoms with Gasteiger partial charge in [-0.1, -0.05) is 23.4 Å². The lowest BCUT2D eigenvalue weighted by Gasteiger charge is -2.16. The zero-order valence-corrected chi connectivity index (χ0v) is 20.0. The van der Waals surface area contributed by atoms with E-state index in [0.717, 1.165) is 21.1 Å². The van der Waals surface area contributed by atoms with Gasteiger partial charge in [-0.2, -0.15) is 5.26 Å². The van der Waals surface area contributed by atoms with Gasteiger partial charge in [0, 0.05) is 47.7 Å². The first-order valence-corrected chi connectivity index (χ1v) is 11.6. The number of halogens is 1. The summed E-state index contributed by atoms with van der Waals surface area (Å²) in [7, 11) is 1.94. The van der Waals surface area contributed by atoms with E-state index in [1.165, 1.54) is 11.8 Å². The summed E-state index contributed by atoms with van der Waals surface area (Å²) in [5, 5.41) is 15.2. The largest absolute Gasteiger partial charge is 0.490 e. The van der Waals surface area contributed by atoms with Crippen molar-refractivity contribution in [2.75, 3.05) is 18.5 Å². The zero-order valence-electron chi connectivity index (χ0n) is 18.4. The van der Waals surface area contributed by atoms with Gasteiger partial charge in [0.25, 0.3) is 0 Å². The van der Waals surface area contributed by atoms with E-state index in [1.54, 1.807) is 12.4 Å². The first kappa shape index (κ1) is 22.8. The maximum Gasteiger partial charge on any atom is 0.172 e. The van der Waals surface area contributed by atoms with Gasteiger partial charge < -0.3 is 19.4 Å². The molecule has 2 aromatic carbocycles. The van der Waals surface area contributed by atoms with Crippen molar-refractivity contribution < 1.29 is 9.47 Å². The van der Waals surface area contributed by atoms with Gasteiger partial charge in [0.15, 0.2) is 16.7 Å². The van der Waals surface area contributed by atoms with E-state index in [1.807, 2.05) is 62.0 Å². The molecule has 0 atom stereocenters. The highest BCUT2D eigenvalue weighted by Crippen LogP contribution is 2.39. The van der Waals surface area contributed by atoms with Crippen LogP contribution in [0, 0.1) is 11.3 Å². The number of anilines is 2. The SMILES string of the molecule is CCOc1cc2ncc(C#N)c(Nc3ccc(Sc4nccn4C)c(Cl)c3)c2cc1OCC. The van der Waals surface area contributed by atoms with Crippen LogP contribution in [0.15, 0.2) is 59.0 Å². The van der Waals surface area contributed by atoms with Crippen LogP contribution in [0.25, 0.3) is 10.9 Å². The third-order valence-corrected chi connectivity index (χ3v) is 6.41. The highest BCUT2D eigenvalue weighted by atomic mass is 35.5. The average molecular weight is 480 g/mol. The minimum absolute atomic E-state index is 0.414. The fourth-order valence-electron chi connectivity index (χ4n) is 3.31. The second kappa shape index (κ2) is 10.0. The number of hydrogen-bond acceptors (Lipinski definition) is 7. The molecule has 0 aliphatic rings. The molecule has 0 amide bonds. The molecule has 0 fully saturated rings. The van der Waals surface area contributed by atoms with Crippen LogP contribution in [0.5, 0.6) is 11.5 Å². The Kier molecular flexibility index (Phi) is 6.92. The second-order valence-electron chi connectivity index (χ2n) is 7.03. The molecular formula is C24H22ClN5O2S. The molecule has 2 aromatic heterocycles. The van der Waals surface area contributed by atoms with Crippen molar-refractivity contribution in [2.45, 2.75) is 23.9 Å². The van der Waals surface area contributed by atoms with Crippen LogP contribution in [-0.4, -0.2) is 27.7 Å². The zero-order chi connectivity index (χ0) is 23.4. The Morgan fingerprint density at radius 2 is 1.88 bits per heavy atom. The topological polar surface area (TPSA) is 85.0 Å². The number of rotatable bonds is 8. The van der Waals surface area contributed by atoms with Crippen molar-refractivity contribution >= 4 is 45.6 Å². The lowest BCUT2D eigenvalue weighted by Crippen LogP contribution is -2.01. The highest BCUT2D eigenvalue weighted by molar-refractivity contribution is 7.99. The van der Waals surface area contributed by atoms with Gasteiger partial charge in [0.05, 0.1) is 35.0 Å². The molecule has 0 saturated heterocycles. The van der Waals surface area contributed by atoms with Crippen molar-refractivity contribution in [3.63, 3.8) is 0 Å². The summed E-state index contributed by atoms with van der Waals surface area (Å²) in [6, 6.07) is 11.6. The number of nitrogens with zero attached hydrogens (tertiary/aromatic N) is 4. The summed E-state index contributed by atoms with van der Waals surface area (Å²) >= 11 is 8.05. The predicted octanol–water partition coefficient (Wildman–Crippen LogP) is 6.19. The van der Waals surface area contributed by atoms with E-state index in [4.69, 9.17) is 21.1 Å². The molecule has 168 valence electrons. The van der Waals surface area contributed by atoms with Gasteiger partial charge in [-0.15, -0.1) is 0 Å². The summed E-state index contributed by atoms with van der Waals surface area (Å²) in [6.07, 6.45) is 5.18. The molecule has 2 heterocycles. The average Bonchev–Trinajstić information content (AvgIpc) is 3.21. The van der Waals surface area contributed by atoms with E-state index in [0.29, 0.717) is 46.5 Å². The molecule has 0 bridgehead atoms. The van der Waals surface area contributed by atoms with Crippen molar-refractivity contribution in [3.05, 3.63) is 59.5 Å². The molecular weight excluding hydrogens is 458 g/mol. The van der Waals surface area contributed by atoms with Gasteiger partial charge in [0.1, 0.15) is 6.07 Å². The number of ether oxygens (including phenoxy) is 2. The van der Waals surface area contributed by atoms with Crippen LogP contribution in [-0.2, 0) is 7.05 Å². The first-order chi connectivity index (χ1) is 16.0. The quantitative estimate of drug-likeness (QED) is 0.322. The Morgan fingerprint density at radius 3 is 2.52 bits per heavy atom. The number of aryl methyl sites for hydroxylation is 1. The van der Waals surface area contributed by atoms with Gasteiger partial charge >= 0.3 is 0 Å². The lowest BCUT2D eigenvalue weighted by atomic mass is 10.1. The van der Waals surface area contributed by atoms with E-state index < -0.39 is 0 Å². The van der Waals surface area contributed by atoms with Crippen LogP contribution >= 0.6 is 23.4 Å². The molecule has 1 N–H and O–H groups in total. The molecule has 0 aliphatic carbocycles.